The fourth-order valence-corrected chi connectivity index (χ4v) is 5.48. The highest BCUT2D eigenvalue weighted by Gasteiger charge is 2.30. The predicted molar refractivity (Wildman–Crippen MR) is 157 cm³/mol. The largest absolute Gasteiger partial charge is 0.483 e. The predicted octanol–water partition coefficient (Wildman–Crippen LogP) is 3.64. The first kappa shape index (κ1) is 29.0. The summed E-state index contributed by atoms with van der Waals surface area (Å²) >= 11 is 0. The van der Waals surface area contributed by atoms with E-state index in [1.54, 1.807) is 12.4 Å². The minimum absolute atomic E-state index is 0.153. The molecule has 2 aliphatic rings. The van der Waals surface area contributed by atoms with Crippen molar-refractivity contribution >= 4 is 35.2 Å². The second-order valence-corrected chi connectivity index (χ2v) is 11.0. The summed E-state index contributed by atoms with van der Waals surface area (Å²) in [5.74, 6) is 0.153. The van der Waals surface area contributed by atoms with Gasteiger partial charge in [-0.1, -0.05) is 6.07 Å². The molecular weight excluding hydrogens is 541 g/mol. The van der Waals surface area contributed by atoms with Crippen molar-refractivity contribution in [2.45, 2.75) is 38.5 Å². The van der Waals surface area contributed by atoms with Crippen molar-refractivity contribution in [2.75, 3.05) is 37.4 Å². The summed E-state index contributed by atoms with van der Waals surface area (Å²) in [6, 6.07) is 10.6. The molecule has 1 amide bonds. The Morgan fingerprint density at radius 3 is 2.64 bits per heavy atom. The number of aromatic nitrogens is 3. The number of hydrogen-bond donors (Lipinski definition) is 4. The maximum absolute atomic E-state index is 13.7. The molecule has 0 unspecified atom stereocenters. The van der Waals surface area contributed by atoms with Crippen LogP contribution in [0.4, 0.5) is 21.6 Å². The van der Waals surface area contributed by atoms with Crippen LogP contribution in [0.15, 0.2) is 48.8 Å². The molecule has 1 saturated heterocycles. The number of imidazole rings is 1. The number of halogens is 1. The lowest BCUT2D eigenvalue weighted by Gasteiger charge is -2.38. The van der Waals surface area contributed by atoms with Crippen molar-refractivity contribution in [1.82, 2.24) is 24.6 Å². The molecule has 0 atom stereocenters. The molecule has 0 spiro atoms. The van der Waals surface area contributed by atoms with Gasteiger partial charge < -0.3 is 30.6 Å². The van der Waals surface area contributed by atoms with Gasteiger partial charge in [-0.15, -0.1) is 0 Å². The molecule has 1 fully saturated rings. The van der Waals surface area contributed by atoms with E-state index in [1.165, 1.54) is 12.1 Å². The Balaban J connectivity index is 0.00000113. The fourth-order valence-electron chi connectivity index (χ4n) is 5.48. The van der Waals surface area contributed by atoms with E-state index in [-0.39, 0.29) is 18.2 Å². The van der Waals surface area contributed by atoms with Gasteiger partial charge >= 0.3 is 0 Å². The lowest BCUT2D eigenvalue weighted by Crippen LogP contribution is -2.43. The van der Waals surface area contributed by atoms with Crippen molar-refractivity contribution in [3.63, 3.8) is 0 Å². The number of piperidine rings is 1. The van der Waals surface area contributed by atoms with Crippen LogP contribution in [0.2, 0.25) is 0 Å². The standard InChI is InChI=1S/C29H32FN7O2.CH2O2/c1-29(39)9-12-36(13-10-29)23-6-7-25(34-22(23)17-35(2)3)33-21-5-4-19(20-15-32-28(38)27(20)21)24-16-31-26-14-18(30)8-11-37(24)26;2-1-3/h4-8,11,14,16,39H,9-10,12-13,15,17H2,1-3H3,(H,32,38)(H,33,34);1H,(H,2,3). The first-order chi connectivity index (χ1) is 20.1. The highest BCUT2D eigenvalue weighted by molar-refractivity contribution is 6.06. The molecule has 2 aliphatic heterocycles. The third-order valence-electron chi connectivity index (χ3n) is 7.58. The van der Waals surface area contributed by atoms with E-state index in [9.17, 15) is 14.3 Å². The number of pyridine rings is 2. The molecule has 6 rings (SSSR count). The highest BCUT2D eigenvalue weighted by Crippen LogP contribution is 2.36. The molecule has 4 N–H and O–H groups in total. The second-order valence-electron chi connectivity index (χ2n) is 11.0. The van der Waals surface area contributed by atoms with Gasteiger partial charge in [0.1, 0.15) is 17.3 Å². The van der Waals surface area contributed by atoms with Gasteiger partial charge in [-0.2, -0.15) is 0 Å². The number of nitrogens with zero attached hydrogens (tertiary/aromatic N) is 5. The molecule has 5 heterocycles. The molecule has 0 aliphatic carbocycles. The molecule has 3 aromatic heterocycles. The zero-order valence-corrected chi connectivity index (χ0v) is 23.8. The number of aliphatic hydroxyl groups is 1. The van der Waals surface area contributed by atoms with Gasteiger partial charge in [-0.25, -0.2) is 14.4 Å². The van der Waals surface area contributed by atoms with E-state index in [2.05, 4.69) is 31.5 Å². The fraction of sp³-hybridized carbons (Fsp3) is 0.333. The summed E-state index contributed by atoms with van der Waals surface area (Å²) in [4.78, 5) is 35.0. The first-order valence-electron chi connectivity index (χ1n) is 13.6. The minimum Gasteiger partial charge on any atom is -0.483 e. The molecule has 11 nitrogen and oxygen atoms in total. The Morgan fingerprint density at radius 2 is 1.93 bits per heavy atom. The zero-order valence-electron chi connectivity index (χ0n) is 23.8. The summed E-state index contributed by atoms with van der Waals surface area (Å²) in [6.07, 6.45) is 4.78. The maximum Gasteiger partial charge on any atom is 0.290 e. The number of benzene rings is 1. The minimum atomic E-state index is -0.625. The van der Waals surface area contributed by atoms with Gasteiger partial charge in [0.2, 0.25) is 0 Å². The molecular formula is C30H34FN7O4. The molecule has 42 heavy (non-hydrogen) atoms. The van der Waals surface area contributed by atoms with Crippen molar-refractivity contribution in [3.05, 3.63) is 71.4 Å². The van der Waals surface area contributed by atoms with Crippen molar-refractivity contribution < 1.29 is 24.2 Å². The second kappa shape index (κ2) is 11.7. The number of carbonyl (C=O) groups is 2. The number of amides is 1. The maximum atomic E-state index is 13.7. The summed E-state index contributed by atoms with van der Waals surface area (Å²) in [5.41, 5.74) is 5.64. The Kier molecular flexibility index (Phi) is 8.10. The van der Waals surface area contributed by atoms with E-state index in [1.807, 2.05) is 43.6 Å². The van der Waals surface area contributed by atoms with E-state index in [0.29, 0.717) is 48.6 Å². The van der Waals surface area contributed by atoms with Gasteiger partial charge in [-0.05, 0) is 63.7 Å². The molecule has 4 aromatic rings. The number of rotatable bonds is 6. The van der Waals surface area contributed by atoms with E-state index < -0.39 is 5.60 Å². The number of nitrogens with one attached hydrogen (secondary N) is 2. The molecule has 0 bridgehead atoms. The van der Waals surface area contributed by atoms with Crippen LogP contribution in [0.1, 0.15) is 41.4 Å². The number of fused-ring (bicyclic) bond motifs is 2. The first-order valence-corrected chi connectivity index (χ1v) is 13.6. The smallest absolute Gasteiger partial charge is 0.290 e. The summed E-state index contributed by atoms with van der Waals surface area (Å²) < 4.78 is 15.5. The van der Waals surface area contributed by atoms with Gasteiger partial charge in [0, 0.05) is 44.0 Å². The molecule has 12 heteroatoms. The number of hydrogen-bond acceptors (Lipinski definition) is 8. The average Bonchev–Trinajstić information content (AvgIpc) is 3.53. The SMILES string of the molecule is CN(C)Cc1nc(Nc2ccc(-c3cnc4cc(F)ccn34)c3c2C(=O)NC3)ccc1N1CCC(C)(O)CC1.O=CO. The van der Waals surface area contributed by atoms with Gasteiger partial charge in [0.15, 0.2) is 0 Å². The van der Waals surface area contributed by atoms with Crippen LogP contribution in [0.25, 0.3) is 16.9 Å². The summed E-state index contributed by atoms with van der Waals surface area (Å²) in [6.45, 7) is 4.24. The average molecular weight is 576 g/mol. The Bertz CT molecular complexity index is 1630. The van der Waals surface area contributed by atoms with Crippen LogP contribution in [-0.2, 0) is 17.9 Å². The van der Waals surface area contributed by atoms with Crippen LogP contribution >= 0.6 is 0 Å². The molecule has 220 valence electrons. The van der Waals surface area contributed by atoms with E-state index >= 15 is 0 Å². The highest BCUT2D eigenvalue weighted by atomic mass is 19.1. The topological polar surface area (TPSA) is 135 Å². The molecule has 0 radical (unpaired) electrons. The van der Waals surface area contributed by atoms with E-state index in [0.717, 1.165) is 41.3 Å². The number of carbonyl (C=O) groups excluding carboxylic acids is 1. The van der Waals surface area contributed by atoms with E-state index in [4.69, 9.17) is 14.9 Å². The molecule has 1 aromatic carbocycles. The van der Waals surface area contributed by atoms with Gasteiger partial charge in [-0.3, -0.25) is 14.0 Å². The number of carboxylic acid groups (broad SMARTS) is 1. The third-order valence-corrected chi connectivity index (χ3v) is 7.58. The van der Waals surface area contributed by atoms with Crippen molar-refractivity contribution in [3.8, 4) is 11.3 Å². The van der Waals surface area contributed by atoms with Crippen LogP contribution in [0.3, 0.4) is 0 Å². The van der Waals surface area contributed by atoms with Crippen LogP contribution in [0, 0.1) is 5.82 Å². The van der Waals surface area contributed by atoms with Crippen molar-refractivity contribution in [1.29, 1.82) is 0 Å². The summed E-state index contributed by atoms with van der Waals surface area (Å²) in [5, 5.41) is 23.6. The normalized spacial score (nSPS) is 15.7. The van der Waals surface area contributed by atoms with Crippen LogP contribution in [0.5, 0.6) is 0 Å². The van der Waals surface area contributed by atoms with Crippen LogP contribution < -0.4 is 15.5 Å². The van der Waals surface area contributed by atoms with Crippen molar-refractivity contribution in [2.24, 2.45) is 0 Å². The third kappa shape index (κ3) is 5.90. The lowest BCUT2D eigenvalue weighted by molar-refractivity contribution is -0.122. The Morgan fingerprint density at radius 1 is 1.19 bits per heavy atom. The monoisotopic (exact) mass is 575 g/mol. The van der Waals surface area contributed by atoms with Gasteiger partial charge in [0.05, 0.1) is 40.1 Å². The van der Waals surface area contributed by atoms with Crippen LogP contribution in [-0.4, -0.2) is 74.6 Å². The lowest BCUT2D eigenvalue weighted by atomic mass is 9.93. The summed E-state index contributed by atoms with van der Waals surface area (Å²) in [7, 11) is 4.02. The zero-order chi connectivity index (χ0) is 30.0. The Hall–Kier alpha value is -4.55. The van der Waals surface area contributed by atoms with Gasteiger partial charge in [0.25, 0.3) is 12.4 Å². The Labute approximate surface area is 242 Å². The molecule has 0 saturated carbocycles. The quantitative estimate of drug-likeness (QED) is 0.254. The number of anilines is 3.